The van der Waals surface area contributed by atoms with Gasteiger partial charge in [0, 0.05) is 12.1 Å². The van der Waals surface area contributed by atoms with Crippen LogP contribution >= 0.6 is 0 Å². The van der Waals surface area contributed by atoms with E-state index in [1.165, 1.54) is 31.4 Å². The highest BCUT2D eigenvalue weighted by molar-refractivity contribution is 5.91. The van der Waals surface area contributed by atoms with Crippen LogP contribution in [0.5, 0.6) is 17.2 Å². The van der Waals surface area contributed by atoms with Gasteiger partial charge in [-0.3, -0.25) is 10.1 Å². The van der Waals surface area contributed by atoms with Crippen LogP contribution in [0, 0.1) is 10.1 Å². The SMILES string of the molecule is COc1cc(C(=O)O[C@H](C)c2cccc([N+](=O)[O-])c2)cc2c1OCCO2. The molecule has 0 radical (unpaired) electrons. The van der Waals surface area contributed by atoms with Crippen molar-refractivity contribution in [1.82, 2.24) is 0 Å². The van der Waals surface area contributed by atoms with Crippen LogP contribution in [0.2, 0.25) is 0 Å². The summed E-state index contributed by atoms with van der Waals surface area (Å²) in [7, 11) is 1.47. The van der Waals surface area contributed by atoms with E-state index in [-0.39, 0.29) is 11.3 Å². The Balaban J connectivity index is 1.81. The van der Waals surface area contributed by atoms with Gasteiger partial charge in [-0.15, -0.1) is 0 Å². The van der Waals surface area contributed by atoms with E-state index in [2.05, 4.69) is 0 Å². The van der Waals surface area contributed by atoms with Gasteiger partial charge in [0.1, 0.15) is 19.3 Å². The Bertz CT molecular complexity index is 832. The van der Waals surface area contributed by atoms with Gasteiger partial charge >= 0.3 is 5.97 Å². The maximum atomic E-state index is 12.5. The van der Waals surface area contributed by atoms with Gasteiger partial charge in [-0.25, -0.2) is 4.79 Å². The molecule has 8 nitrogen and oxygen atoms in total. The molecule has 0 N–H and O–H groups in total. The number of rotatable bonds is 5. The van der Waals surface area contributed by atoms with Crippen molar-refractivity contribution in [2.45, 2.75) is 13.0 Å². The summed E-state index contributed by atoms with van der Waals surface area (Å²) in [6.45, 7) is 2.42. The zero-order chi connectivity index (χ0) is 18.7. The zero-order valence-electron chi connectivity index (χ0n) is 14.3. The fourth-order valence-electron chi connectivity index (χ4n) is 2.58. The molecule has 8 heteroatoms. The minimum Gasteiger partial charge on any atom is -0.493 e. The van der Waals surface area contributed by atoms with Gasteiger partial charge < -0.3 is 18.9 Å². The van der Waals surface area contributed by atoms with Gasteiger partial charge in [-0.05, 0) is 24.6 Å². The number of nitro groups is 1. The lowest BCUT2D eigenvalue weighted by Gasteiger charge is -2.21. The molecular formula is C18H17NO7. The van der Waals surface area contributed by atoms with Gasteiger partial charge in [0.25, 0.3) is 5.69 Å². The number of carbonyl (C=O) groups is 1. The van der Waals surface area contributed by atoms with Gasteiger partial charge in [0.2, 0.25) is 5.75 Å². The van der Waals surface area contributed by atoms with E-state index in [9.17, 15) is 14.9 Å². The number of methoxy groups -OCH3 is 1. The summed E-state index contributed by atoms with van der Waals surface area (Å²) in [6, 6.07) is 9.00. The first-order valence-electron chi connectivity index (χ1n) is 7.92. The number of nitro benzene ring substituents is 1. The van der Waals surface area contributed by atoms with E-state index in [1.54, 1.807) is 19.1 Å². The predicted molar refractivity (Wildman–Crippen MR) is 90.9 cm³/mol. The first-order chi connectivity index (χ1) is 12.5. The standard InChI is InChI=1S/C18H17NO7/c1-11(12-4-3-5-14(8-12)19(21)22)26-18(20)13-9-15(23-2)17-16(10-13)24-6-7-25-17/h3-5,8-11H,6-7H2,1-2H3/t11-/m1/s1. The maximum Gasteiger partial charge on any atom is 0.339 e. The summed E-state index contributed by atoms with van der Waals surface area (Å²) < 4.78 is 21.7. The van der Waals surface area contributed by atoms with Crippen LogP contribution in [0.15, 0.2) is 36.4 Å². The molecule has 0 aliphatic carbocycles. The highest BCUT2D eigenvalue weighted by Crippen LogP contribution is 2.40. The molecule has 0 bridgehead atoms. The lowest BCUT2D eigenvalue weighted by atomic mass is 10.1. The van der Waals surface area contributed by atoms with Crippen LogP contribution in [0.3, 0.4) is 0 Å². The number of carbonyl (C=O) groups excluding carboxylic acids is 1. The predicted octanol–water partition coefficient (Wildman–Crippen LogP) is 3.29. The topological polar surface area (TPSA) is 97.1 Å². The quantitative estimate of drug-likeness (QED) is 0.459. The Labute approximate surface area is 149 Å². The Hall–Kier alpha value is -3.29. The summed E-state index contributed by atoms with van der Waals surface area (Å²) >= 11 is 0. The van der Waals surface area contributed by atoms with E-state index in [0.717, 1.165) is 0 Å². The summed E-state index contributed by atoms with van der Waals surface area (Å²) in [5.74, 6) is 0.629. The second-order valence-electron chi connectivity index (χ2n) is 5.60. The Morgan fingerprint density at radius 1 is 1.23 bits per heavy atom. The lowest BCUT2D eigenvalue weighted by Crippen LogP contribution is -2.17. The Morgan fingerprint density at radius 2 is 2.00 bits per heavy atom. The molecule has 0 saturated heterocycles. The molecular weight excluding hydrogens is 342 g/mol. The van der Waals surface area contributed by atoms with Crippen molar-refractivity contribution < 1.29 is 28.7 Å². The van der Waals surface area contributed by atoms with Crippen LogP contribution in [0.4, 0.5) is 5.69 Å². The lowest BCUT2D eigenvalue weighted by molar-refractivity contribution is -0.385. The fourth-order valence-corrected chi connectivity index (χ4v) is 2.58. The van der Waals surface area contributed by atoms with Crippen LogP contribution in [-0.2, 0) is 4.74 Å². The third-order valence-corrected chi connectivity index (χ3v) is 3.90. The molecule has 26 heavy (non-hydrogen) atoms. The monoisotopic (exact) mass is 359 g/mol. The maximum absolute atomic E-state index is 12.5. The third kappa shape index (κ3) is 3.53. The minimum absolute atomic E-state index is 0.0635. The molecule has 0 spiro atoms. The van der Waals surface area contributed by atoms with E-state index >= 15 is 0 Å². The molecule has 0 unspecified atom stereocenters. The molecule has 136 valence electrons. The van der Waals surface area contributed by atoms with Gasteiger partial charge in [-0.2, -0.15) is 0 Å². The highest BCUT2D eigenvalue weighted by Gasteiger charge is 2.23. The Kier molecular flexibility index (Phi) is 4.92. The number of esters is 1. The van der Waals surface area contributed by atoms with Crippen molar-refractivity contribution in [3.05, 3.63) is 57.6 Å². The average Bonchev–Trinajstić information content (AvgIpc) is 2.67. The highest BCUT2D eigenvalue weighted by atomic mass is 16.6. The number of hydrogen-bond donors (Lipinski definition) is 0. The summed E-state index contributed by atoms with van der Waals surface area (Å²) in [6.07, 6.45) is -0.665. The molecule has 2 aromatic carbocycles. The van der Waals surface area contributed by atoms with Crippen molar-refractivity contribution in [3.63, 3.8) is 0 Å². The van der Waals surface area contributed by atoms with Crippen molar-refractivity contribution >= 4 is 11.7 Å². The molecule has 1 aliphatic heterocycles. The average molecular weight is 359 g/mol. The van der Waals surface area contributed by atoms with E-state index in [1.807, 2.05) is 0 Å². The van der Waals surface area contributed by atoms with Crippen molar-refractivity contribution in [3.8, 4) is 17.2 Å². The Morgan fingerprint density at radius 3 is 2.73 bits per heavy atom. The summed E-state index contributed by atoms with van der Waals surface area (Å²) in [4.78, 5) is 22.9. The molecule has 0 aromatic heterocycles. The number of fused-ring (bicyclic) bond motifs is 1. The van der Waals surface area contributed by atoms with Crippen LogP contribution < -0.4 is 14.2 Å². The molecule has 3 rings (SSSR count). The smallest absolute Gasteiger partial charge is 0.339 e. The van der Waals surface area contributed by atoms with Gasteiger partial charge in [0.15, 0.2) is 11.5 Å². The molecule has 2 aromatic rings. The molecule has 0 amide bonds. The van der Waals surface area contributed by atoms with Gasteiger partial charge in [0.05, 0.1) is 17.6 Å². The van der Waals surface area contributed by atoms with Crippen molar-refractivity contribution in [2.75, 3.05) is 20.3 Å². The normalized spacial score (nSPS) is 13.6. The summed E-state index contributed by atoms with van der Waals surface area (Å²) in [5, 5.41) is 10.9. The summed E-state index contributed by atoms with van der Waals surface area (Å²) in [5.41, 5.74) is 0.701. The van der Waals surface area contributed by atoms with Crippen LogP contribution in [-0.4, -0.2) is 31.2 Å². The number of ether oxygens (including phenoxy) is 4. The number of benzene rings is 2. The van der Waals surface area contributed by atoms with E-state index in [0.29, 0.717) is 36.0 Å². The second-order valence-corrected chi connectivity index (χ2v) is 5.60. The molecule has 0 fully saturated rings. The largest absolute Gasteiger partial charge is 0.493 e. The minimum atomic E-state index is -0.665. The first kappa shape index (κ1) is 17.5. The van der Waals surface area contributed by atoms with E-state index < -0.39 is 17.0 Å². The fraction of sp³-hybridized carbons (Fsp3) is 0.278. The third-order valence-electron chi connectivity index (χ3n) is 3.90. The molecule has 1 atom stereocenters. The molecule has 0 saturated carbocycles. The molecule has 1 heterocycles. The van der Waals surface area contributed by atoms with Gasteiger partial charge in [-0.1, -0.05) is 12.1 Å². The van der Waals surface area contributed by atoms with Crippen molar-refractivity contribution in [2.24, 2.45) is 0 Å². The van der Waals surface area contributed by atoms with Crippen LogP contribution in [0.1, 0.15) is 28.9 Å². The van der Waals surface area contributed by atoms with E-state index in [4.69, 9.17) is 18.9 Å². The zero-order valence-corrected chi connectivity index (χ0v) is 14.3. The number of nitrogens with zero attached hydrogens (tertiary/aromatic N) is 1. The number of non-ortho nitro benzene ring substituents is 1. The number of hydrogen-bond acceptors (Lipinski definition) is 7. The molecule has 1 aliphatic rings. The first-order valence-corrected chi connectivity index (χ1v) is 7.92. The van der Waals surface area contributed by atoms with Crippen LogP contribution in [0.25, 0.3) is 0 Å². The second kappa shape index (κ2) is 7.30. The van der Waals surface area contributed by atoms with Crippen molar-refractivity contribution in [1.29, 1.82) is 0 Å².